The van der Waals surface area contributed by atoms with E-state index >= 15 is 0 Å². The Bertz CT molecular complexity index is 611. The Kier molecular flexibility index (Phi) is 4.30. The predicted octanol–water partition coefficient (Wildman–Crippen LogP) is 3.53. The monoisotopic (exact) mass is 336 g/mol. The highest BCUT2D eigenvalue weighted by Crippen LogP contribution is 2.20. The molecule has 0 saturated carbocycles. The van der Waals surface area contributed by atoms with Gasteiger partial charge in [0, 0.05) is 29.5 Å². The van der Waals surface area contributed by atoms with Gasteiger partial charge in [0.2, 0.25) is 0 Å². The minimum Gasteiger partial charge on any atom is -0.308 e. The molecule has 0 unspecified atom stereocenters. The zero-order valence-electron chi connectivity index (χ0n) is 12.7. The number of aromatic nitrogens is 3. The summed E-state index contributed by atoms with van der Waals surface area (Å²) >= 11 is 3.44. The fourth-order valence-corrected chi connectivity index (χ4v) is 2.31. The smallest absolute Gasteiger partial charge is 0.158 e. The number of halogens is 1. The van der Waals surface area contributed by atoms with Crippen LogP contribution in [0.5, 0.6) is 0 Å². The van der Waals surface area contributed by atoms with E-state index < -0.39 is 0 Å². The van der Waals surface area contributed by atoms with Crippen LogP contribution >= 0.6 is 15.9 Å². The normalized spacial score (nSPS) is 11.9. The van der Waals surface area contributed by atoms with Gasteiger partial charge in [-0.05, 0) is 62.2 Å². The lowest BCUT2D eigenvalue weighted by atomic mass is 10.1. The van der Waals surface area contributed by atoms with Crippen molar-refractivity contribution in [2.45, 2.75) is 46.7 Å². The molecular formula is C15H21BrN4. The molecule has 20 heavy (non-hydrogen) atoms. The molecular weight excluding hydrogens is 316 g/mol. The van der Waals surface area contributed by atoms with Crippen LogP contribution in [-0.4, -0.2) is 20.3 Å². The zero-order chi connectivity index (χ0) is 14.9. The Morgan fingerprint density at radius 2 is 2.00 bits per heavy atom. The van der Waals surface area contributed by atoms with Crippen molar-refractivity contribution < 1.29 is 0 Å². The minimum absolute atomic E-state index is 0.0687. The second kappa shape index (κ2) is 5.66. The highest BCUT2D eigenvalue weighted by atomic mass is 79.9. The van der Waals surface area contributed by atoms with E-state index in [-0.39, 0.29) is 5.54 Å². The van der Waals surface area contributed by atoms with Gasteiger partial charge in [-0.2, -0.15) is 5.10 Å². The lowest BCUT2D eigenvalue weighted by Gasteiger charge is -2.22. The van der Waals surface area contributed by atoms with Gasteiger partial charge in [0.1, 0.15) is 0 Å². The highest BCUT2D eigenvalue weighted by Gasteiger charge is 2.15. The van der Waals surface area contributed by atoms with Crippen LogP contribution in [-0.2, 0) is 6.54 Å². The fourth-order valence-electron chi connectivity index (χ4n) is 2.02. The first kappa shape index (κ1) is 15.2. The van der Waals surface area contributed by atoms with Crippen LogP contribution in [0, 0.1) is 13.8 Å². The quantitative estimate of drug-likeness (QED) is 0.932. The third-order valence-electron chi connectivity index (χ3n) is 3.02. The lowest BCUT2D eigenvalue weighted by Crippen LogP contribution is -2.35. The van der Waals surface area contributed by atoms with E-state index in [9.17, 15) is 0 Å². The second-order valence-corrected chi connectivity index (χ2v) is 7.01. The number of nitrogens with zero attached hydrogens (tertiary/aromatic N) is 3. The van der Waals surface area contributed by atoms with Gasteiger partial charge in [0.05, 0.1) is 10.7 Å². The Balaban J connectivity index is 2.44. The van der Waals surface area contributed by atoms with Crippen molar-refractivity contribution in [1.29, 1.82) is 0 Å². The van der Waals surface area contributed by atoms with Crippen molar-refractivity contribution in [1.82, 2.24) is 20.1 Å². The second-order valence-electron chi connectivity index (χ2n) is 6.09. The molecule has 0 spiro atoms. The van der Waals surface area contributed by atoms with Crippen LogP contribution in [0.2, 0.25) is 0 Å². The van der Waals surface area contributed by atoms with Crippen molar-refractivity contribution >= 4 is 15.9 Å². The van der Waals surface area contributed by atoms with Crippen LogP contribution in [0.15, 0.2) is 22.9 Å². The molecule has 0 atom stereocenters. The van der Waals surface area contributed by atoms with E-state index in [4.69, 9.17) is 0 Å². The van der Waals surface area contributed by atoms with Crippen LogP contribution in [0.3, 0.4) is 0 Å². The Morgan fingerprint density at radius 1 is 1.30 bits per heavy atom. The summed E-state index contributed by atoms with van der Waals surface area (Å²) in [5, 5.41) is 7.88. The third kappa shape index (κ3) is 3.67. The zero-order valence-corrected chi connectivity index (χ0v) is 14.2. The van der Waals surface area contributed by atoms with Crippen LogP contribution < -0.4 is 5.32 Å². The van der Waals surface area contributed by atoms with Gasteiger partial charge >= 0.3 is 0 Å². The van der Waals surface area contributed by atoms with Crippen molar-refractivity contribution in [3.05, 3.63) is 39.8 Å². The number of rotatable bonds is 3. The van der Waals surface area contributed by atoms with Crippen LogP contribution in [0.25, 0.3) is 5.82 Å². The van der Waals surface area contributed by atoms with E-state index in [0.717, 1.165) is 22.5 Å². The summed E-state index contributed by atoms with van der Waals surface area (Å²) in [6, 6.07) is 2.11. The average molecular weight is 337 g/mol. The highest BCUT2D eigenvalue weighted by molar-refractivity contribution is 9.10. The minimum atomic E-state index is 0.0687. The number of aryl methyl sites for hydroxylation is 2. The van der Waals surface area contributed by atoms with Crippen molar-refractivity contribution in [2.75, 3.05) is 0 Å². The molecule has 2 aromatic heterocycles. The largest absolute Gasteiger partial charge is 0.308 e. The van der Waals surface area contributed by atoms with E-state index in [0.29, 0.717) is 0 Å². The summed E-state index contributed by atoms with van der Waals surface area (Å²) in [5.41, 5.74) is 3.49. The standard InChI is InChI=1S/C15H21BrN4/c1-10-6-11(2)19-14(20-9-12(16)7-18-20)13(10)8-17-15(3,4)5/h6-7,9,17H,8H2,1-5H3. The molecule has 0 aliphatic heterocycles. The van der Waals surface area contributed by atoms with E-state index in [1.165, 1.54) is 11.1 Å². The third-order valence-corrected chi connectivity index (χ3v) is 3.43. The van der Waals surface area contributed by atoms with E-state index in [1.807, 2.05) is 17.8 Å². The molecule has 1 N–H and O–H groups in total. The lowest BCUT2D eigenvalue weighted by molar-refractivity contribution is 0.423. The van der Waals surface area contributed by atoms with Gasteiger partial charge in [-0.15, -0.1) is 0 Å². The molecule has 0 fully saturated rings. The number of hydrogen-bond acceptors (Lipinski definition) is 3. The Hall–Kier alpha value is -1.20. The van der Waals surface area contributed by atoms with Crippen LogP contribution in [0.1, 0.15) is 37.6 Å². The van der Waals surface area contributed by atoms with Gasteiger partial charge in [-0.3, -0.25) is 0 Å². The Labute approximate surface area is 128 Å². The Morgan fingerprint density at radius 3 is 2.55 bits per heavy atom. The molecule has 2 aromatic rings. The molecule has 2 heterocycles. The summed E-state index contributed by atoms with van der Waals surface area (Å²) in [6.07, 6.45) is 3.71. The molecule has 108 valence electrons. The number of pyridine rings is 1. The van der Waals surface area contributed by atoms with E-state index in [1.54, 1.807) is 6.20 Å². The number of nitrogens with one attached hydrogen (secondary N) is 1. The molecule has 2 rings (SSSR count). The molecule has 0 aliphatic carbocycles. The predicted molar refractivity (Wildman–Crippen MR) is 85.1 cm³/mol. The fraction of sp³-hybridized carbons (Fsp3) is 0.467. The maximum atomic E-state index is 4.66. The maximum Gasteiger partial charge on any atom is 0.158 e. The van der Waals surface area contributed by atoms with Gasteiger partial charge < -0.3 is 5.32 Å². The molecule has 0 bridgehead atoms. The summed E-state index contributed by atoms with van der Waals surface area (Å²) < 4.78 is 2.78. The summed E-state index contributed by atoms with van der Waals surface area (Å²) in [5.74, 6) is 0.893. The molecule has 0 aliphatic rings. The first-order valence-corrected chi connectivity index (χ1v) is 7.48. The first-order chi connectivity index (χ1) is 9.26. The number of hydrogen-bond donors (Lipinski definition) is 1. The molecule has 5 heteroatoms. The van der Waals surface area contributed by atoms with Gasteiger partial charge in [0.25, 0.3) is 0 Å². The van der Waals surface area contributed by atoms with Crippen molar-refractivity contribution in [3.63, 3.8) is 0 Å². The SMILES string of the molecule is Cc1cc(C)c(CNC(C)(C)C)c(-n2cc(Br)cn2)n1. The maximum absolute atomic E-state index is 4.66. The van der Waals surface area contributed by atoms with Gasteiger partial charge in [-0.25, -0.2) is 9.67 Å². The molecule has 0 amide bonds. The molecule has 0 aromatic carbocycles. The average Bonchev–Trinajstić information content (AvgIpc) is 2.72. The summed E-state index contributed by atoms with van der Waals surface area (Å²) in [7, 11) is 0. The molecule has 4 nitrogen and oxygen atoms in total. The van der Waals surface area contributed by atoms with Crippen LogP contribution in [0.4, 0.5) is 0 Å². The van der Waals surface area contributed by atoms with Gasteiger partial charge in [-0.1, -0.05) is 0 Å². The van der Waals surface area contributed by atoms with E-state index in [2.05, 4.69) is 65.1 Å². The molecule has 0 saturated heterocycles. The summed E-state index contributed by atoms with van der Waals surface area (Å²) in [6.45, 7) is 11.4. The van der Waals surface area contributed by atoms with Crippen molar-refractivity contribution in [3.8, 4) is 5.82 Å². The first-order valence-electron chi connectivity index (χ1n) is 6.69. The van der Waals surface area contributed by atoms with Gasteiger partial charge in [0.15, 0.2) is 5.82 Å². The molecule has 0 radical (unpaired) electrons. The topological polar surface area (TPSA) is 42.7 Å². The van der Waals surface area contributed by atoms with Crippen molar-refractivity contribution in [2.24, 2.45) is 0 Å². The summed E-state index contributed by atoms with van der Waals surface area (Å²) in [4.78, 5) is 4.66.